The second-order valence-electron chi connectivity index (χ2n) is 11.9. The van der Waals surface area contributed by atoms with E-state index in [9.17, 15) is 0 Å². The fraction of sp³-hybridized carbons (Fsp3) is 0.333. The van der Waals surface area contributed by atoms with E-state index in [1.165, 1.54) is 22.3 Å². The minimum atomic E-state index is 0.142. The van der Waals surface area contributed by atoms with E-state index in [1.54, 1.807) is 0 Å². The first-order valence-electron chi connectivity index (χ1n) is 15.7. The Labute approximate surface area is 266 Å². The zero-order chi connectivity index (χ0) is 31.7. The maximum atomic E-state index is 5.89. The Morgan fingerprint density at radius 3 is 2.47 bits per heavy atom. The average molecular weight is 589 g/mol. The lowest BCUT2D eigenvalue weighted by atomic mass is 9.86. The quantitative estimate of drug-likeness (QED) is 0.222. The van der Waals surface area contributed by atoms with Crippen LogP contribution in [0.5, 0.6) is 0 Å². The minimum Gasteiger partial charge on any atom is -0.131 e. The van der Waals surface area contributed by atoms with Crippen molar-refractivity contribution in [3.8, 4) is 12.3 Å². The Morgan fingerprint density at radius 2 is 1.77 bits per heavy atom. The fourth-order valence-corrected chi connectivity index (χ4v) is 6.25. The molecule has 226 valence electrons. The minimum absolute atomic E-state index is 0.142. The van der Waals surface area contributed by atoms with Gasteiger partial charge in [0.25, 0.3) is 0 Å². The molecule has 2 aliphatic carbocycles. The maximum absolute atomic E-state index is 5.89. The summed E-state index contributed by atoms with van der Waals surface area (Å²) < 4.78 is 0. The van der Waals surface area contributed by atoms with Crippen molar-refractivity contribution in [3.05, 3.63) is 156 Å². The highest BCUT2D eigenvalue weighted by Gasteiger charge is 2.24. The lowest BCUT2D eigenvalue weighted by Gasteiger charge is -2.31. The van der Waals surface area contributed by atoms with E-state index in [2.05, 4.69) is 117 Å². The highest BCUT2D eigenvalue weighted by molar-refractivity contribution is 7.19. The Hall–Kier alpha value is -3.39. The van der Waals surface area contributed by atoms with Crippen LogP contribution in [-0.4, -0.2) is 5.16 Å². The van der Waals surface area contributed by atoms with Crippen molar-refractivity contribution in [1.82, 2.24) is 0 Å². The Bertz CT molecular complexity index is 1350. The smallest absolute Gasteiger partial charge is 0.0315 e. The summed E-state index contributed by atoms with van der Waals surface area (Å²) in [5.41, 5.74) is 8.55. The SMILES string of the molecule is C#C/C1=C/C=C\C=CC(C)CC2(P)C/C=C\C=C(\C)CC/C(C=C)=C\C(=C/CCC(=C/C)/C=C(/C=C)C(=C)C1=C)CCC2. The number of allylic oxidation sites excluding steroid dienone is 22. The predicted octanol–water partition coefficient (Wildman–Crippen LogP) is 12.2. The molecule has 0 amide bonds. The molecule has 0 aromatic heterocycles. The standard InChI is InChI=1S/C42H53P/c1-9-37-22-18-23-39-24-19-29-42(43,28-17-16-20-33(5)26-27-38(10-2)30-39)32-34(6)21-14-13-15-25-40(11-3)35(7)36(8)41(12-4)31-37/h3,9-10,12-17,20-21,23,25,30-31,34H,2,4,7-8,18-19,22,24,26-29,32,43H2,1,5-6H3/b15-13-,17-16-,21-14?,33-20-,37-9-,38-30-,39-23-,40-25-,41-31-. The number of rotatable bonds is 2. The first kappa shape index (κ1) is 35.8. The number of fused-ring (bicyclic) bond motifs is 4. The van der Waals surface area contributed by atoms with Gasteiger partial charge in [-0.3, -0.25) is 0 Å². The molecule has 0 saturated heterocycles. The van der Waals surface area contributed by atoms with Gasteiger partial charge in [0.2, 0.25) is 0 Å². The summed E-state index contributed by atoms with van der Waals surface area (Å²) in [5.74, 6) is 3.23. The molecule has 0 nitrogen and oxygen atoms in total. The van der Waals surface area contributed by atoms with E-state index in [0.717, 1.165) is 80.1 Å². The molecule has 0 fully saturated rings. The normalized spacial score (nSPS) is 32.5. The van der Waals surface area contributed by atoms with Gasteiger partial charge in [-0.05, 0) is 111 Å². The van der Waals surface area contributed by atoms with E-state index in [-0.39, 0.29) is 5.16 Å². The Morgan fingerprint density at radius 1 is 0.977 bits per heavy atom. The van der Waals surface area contributed by atoms with Crippen LogP contribution < -0.4 is 0 Å². The molecule has 43 heavy (non-hydrogen) atoms. The summed E-state index contributed by atoms with van der Waals surface area (Å²) in [6.45, 7) is 23.4. The van der Waals surface area contributed by atoms with Crippen LogP contribution in [0.25, 0.3) is 0 Å². The molecule has 0 heterocycles. The van der Waals surface area contributed by atoms with Crippen molar-refractivity contribution in [2.24, 2.45) is 5.92 Å². The molecule has 3 unspecified atom stereocenters. The molecule has 0 aromatic carbocycles. The Kier molecular flexibility index (Phi) is 15.8. The largest absolute Gasteiger partial charge is 0.131 e. The van der Waals surface area contributed by atoms with Gasteiger partial charge in [0.1, 0.15) is 0 Å². The zero-order valence-electron chi connectivity index (χ0n) is 27.0. The average Bonchev–Trinajstić information content (AvgIpc) is 2.99. The molecule has 2 bridgehead atoms. The van der Waals surface area contributed by atoms with Crippen molar-refractivity contribution in [2.45, 2.75) is 83.7 Å². The van der Waals surface area contributed by atoms with Gasteiger partial charge in [0.05, 0.1) is 0 Å². The van der Waals surface area contributed by atoms with Crippen molar-refractivity contribution >= 4 is 9.24 Å². The number of hydrogen-bond donors (Lipinski definition) is 0. The topological polar surface area (TPSA) is 0 Å². The third-order valence-corrected chi connectivity index (χ3v) is 9.00. The summed E-state index contributed by atoms with van der Waals surface area (Å²) in [4.78, 5) is 0. The fourth-order valence-electron chi connectivity index (χ4n) is 5.54. The first-order valence-corrected chi connectivity index (χ1v) is 16.3. The van der Waals surface area contributed by atoms with Crippen LogP contribution in [0.15, 0.2) is 156 Å². The molecule has 2 aliphatic rings. The summed E-state index contributed by atoms with van der Waals surface area (Å²) in [6.07, 6.45) is 45.7. The molecule has 0 aromatic rings. The van der Waals surface area contributed by atoms with Crippen LogP contribution in [-0.2, 0) is 0 Å². The Balaban J connectivity index is 2.59. The molecule has 1 heteroatoms. The lowest BCUT2D eigenvalue weighted by Crippen LogP contribution is -2.22. The zero-order valence-corrected chi connectivity index (χ0v) is 28.2. The molecule has 0 spiro atoms. The molecular formula is C42H53P. The molecule has 0 N–H and O–H groups in total. The van der Waals surface area contributed by atoms with Gasteiger partial charge in [-0.15, -0.1) is 15.7 Å². The van der Waals surface area contributed by atoms with Crippen LogP contribution in [0.3, 0.4) is 0 Å². The molecule has 0 radical (unpaired) electrons. The van der Waals surface area contributed by atoms with Gasteiger partial charge in [-0.25, -0.2) is 0 Å². The van der Waals surface area contributed by atoms with E-state index in [1.807, 2.05) is 30.4 Å². The van der Waals surface area contributed by atoms with Crippen LogP contribution in [0.2, 0.25) is 0 Å². The van der Waals surface area contributed by atoms with Crippen molar-refractivity contribution in [2.75, 3.05) is 0 Å². The van der Waals surface area contributed by atoms with Gasteiger partial charge >= 0.3 is 0 Å². The van der Waals surface area contributed by atoms with Crippen LogP contribution >= 0.6 is 9.24 Å². The predicted molar refractivity (Wildman–Crippen MR) is 198 cm³/mol. The van der Waals surface area contributed by atoms with Gasteiger partial charge in [-0.1, -0.05) is 135 Å². The maximum Gasteiger partial charge on any atom is 0.0315 e. The highest BCUT2D eigenvalue weighted by Crippen LogP contribution is 2.38. The van der Waals surface area contributed by atoms with Gasteiger partial charge in [0, 0.05) is 5.57 Å². The van der Waals surface area contributed by atoms with Gasteiger partial charge < -0.3 is 0 Å². The van der Waals surface area contributed by atoms with Crippen molar-refractivity contribution in [3.63, 3.8) is 0 Å². The molecule has 0 saturated carbocycles. The lowest BCUT2D eigenvalue weighted by molar-refractivity contribution is 0.441. The van der Waals surface area contributed by atoms with E-state index >= 15 is 0 Å². The van der Waals surface area contributed by atoms with Crippen LogP contribution in [0, 0.1) is 18.3 Å². The summed E-state index contributed by atoms with van der Waals surface area (Å²) in [6, 6.07) is 0. The summed E-state index contributed by atoms with van der Waals surface area (Å²) in [7, 11) is 3.24. The van der Waals surface area contributed by atoms with Crippen molar-refractivity contribution in [1.29, 1.82) is 0 Å². The second-order valence-corrected chi connectivity index (χ2v) is 13.1. The number of terminal acetylenes is 1. The van der Waals surface area contributed by atoms with Crippen LogP contribution in [0.1, 0.15) is 78.6 Å². The summed E-state index contributed by atoms with van der Waals surface area (Å²) in [5, 5.41) is 0.142. The third kappa shape index (κ3) is 12.8. The van der Waals surface area contributed by atoms with Crippen LogP contribution in [0.4, 0.5) is 0 Å². The third-order valence-electron chi connectivity index (χ3n) is 8.24. The number of hydrogen-bond acceptors (Lipinski definition) is 0. The molecular weight excluding hydrogens is 535 g/mol. The van der Waals surface area contributed by atoms with E-state index < -0.39 is 0 Å². The molecule has 2 rings (SSSR count). The first-order chi connectivity index (χ1) is 20.6. The second kappa shape index (κ2) is 19.0. The van der Waals surface area contributed by atoms with Gasteiger partial charge in [-0.2, -0.15) is 0 Å². The highest BCUT2D eigenvalue weighted by atomic mass is 31.0. The molecule has 3 atom stereocenters. The van der Waals surface area contributed by atoms with Crippen molar-refractivity contribution < 1.29 is 0 Å². The summed E-state index contributed by atoms with van der Waals surface area (Å²) >= 11 is 0. The molecule has 0 aliphatic heterocycles. The van der Waals surface area contributed by atoms with E-state index in [0.29, 0.717) is 5.92 Å². The monoisotopic (exact) mass is 588 g/mol. The van der Waals surface area contributed by atoms with E-state index in [4.69, 9.17) is 6.42 Å². The van der Waals surface area contributed by atoms with Gasteiger partial charge in [0.15, 0.2) is 0 Å².